The molecule has 1 N–H and O–H groups in total. The summed E-state index contributed by atoms with van der Waals surface area (Å²) < 4.78 is 21.9. The zero-order valence-corrected chi connectivity index (χ0v) is 24.0. The quantitative estimate of drug-likeness (QED) is 0.227. The number of carbonyl (C=O) groups excluding carboxylic acids is 3. The molecule has 0 spiro atoms. The second-order valence-electron chi connectivity index (χ2n) is 11.7. The monoisotopic (exact) mass is 543 g/mol. The molecule has 216 valence electrons. The van der Waals surface area contributed by atoms with Crippen LogP contribution in [0.25, 0.3) is 0 Å². The predicted molar refractivity (Wildman–Crippen MR) is 148 cm³/mol. The van der Waals surface area contributed by atoms with Crippen molar-refractivity contribution in [3.8, 4) is 0 Å². The van der Waals surface area contributed by atoms with E-state index in [0.717, 1.165) is 31.2 Å². The van der Waals surface area contributed by atoms with E-state index in [2.05, 4.69) is 5.32 Å². The summed E-state index contributed by atoms with van der Waals surface area (Å²) in [7, 11) is 1.59. The first-order valence-electron chi connectivity index (χ1n) is 14.2. The Labute approximate surface area is 232 Å². The number of hydrogen-bond donors (Lipinski definition) is 1. The van der Waals surface area contributed by atoms with Crippen molar-refractivity contribution in [1.82, 2.24) is 5.32 Å². The number of hydrogen-bond acceptors (Lipinski definition) is 7. The molecule has 2 saturated carbocycles. The Morgan fingerprint density at radius 3 is 2.28 bits per heavy atom. The van der Waals surface area contributed by atoms with Crippen LogP contribution in [-0.2, 0) is 39.9 Å². The predicted octanol–water partition coefficient (Wildman–Crippen LogP) is 4.90. The maximum absolute atomic E-state index is 13.7. The number of amides is 1. The SMILES string of the molecule is COCCOC/C(=C\C1(C(=O)NC2CCC(C(=O)OCc3ccccc3)CC2)CCCC1)C(=O)OC(C)(C)C. The van der Waals surface area contributed by atoms with Gasteiger partial charge in [0.05, 0.1) is 36.7 Å². The zero-order valence-electron chi connectivity index (χ0n) is 24.0. The lowest BCUT2D eigenvalue weighted by atomic mass is 9.81. The van der Waals surface area contributed by atoms with Gasteiger partial charge >= 0.3 is 11.9 Å². The van der Waals surface area contributed by atoms with Gasteiger partial charge < -0.3 is 24.3 Å². The molecule has 3 rings (SSSR count). The molecule has 8 heteroatoms. The maximum atomic E-state index is 13.7. The van der Waals surface area contributed by atoms with Crippen molar-refractivity contribution in [2.45, 2.75) is 90.4 Å². The summed E-state index contributed by atoms with van der Waals surface area (Å²) in [5, 5.41) is 3.24. The summed E-state index contributed by atoms with van der Waals surface area (Å²) in [6, 6.07) is 9.65. The molecule has 2 aliphatic carbocycles. The lowest BCUT2D eigenvalue weighted by molar-refractivity contribution is -0.151. The zero-order chi connectivity index (χ0) is 28.3. The second kappa shape index (κ2) is 14.6. The normalized spacial score (nSPS) is 21.3. The summed E-state index contributed by atoms with van der Waals surface area (Å²) in [6.45, 7) is 6.55. The average Bonchev–Trinajstić information content (AvgIpc) is 3.39. The smallest absolute Gasteiger partial charge is 0.336 e. The van der Waals surface area contributed by atoms with Crippen LogP contribution in [0.3, 0.4) is 0 Å². The van der Waals surface area contributed by atoms with Crippen molar-refractivity contribution >= 4 is 17.8 Å². The number of carbonyl (C=O) groups is 3. The van der Waals surface area contributed by atoms with Gasteiger partial charge in [0, 0.05) is 13.2 Å². The number of nitrogens with one attached hydrogen (secondary N) is 1. The molecule has 0 saturated heterocycles. The third-order valence-electron chi connectivity index (χ3n) is 7.37. The van der Waals surface area contributed by atoms with Crippen LogP contribution in [0.4, 0.5) is 0 Å². The highest BCUT2D eigenvalue weighted by molar-refractivity contribution is 5.92. The molecule has 2 aliphatic rings. The summed E-state index contributed by atoms with van der Waals surface area (Å²) >= 11 is 0. The molecule has 0 heterocycles. The Morgan fingerprint density at radius 2 is 1.67 bits per heavy atom. The number of ether oxygens (including phenoxy) is 4. The lowest BCUT2D eigenvalue weighted by Crippen LogP contribution is -2.46. The Balaban J connectivity index is 1.60. The highest BCUT2D eigenvalue weighted by atomic mass is 16.6. The first-order chi connectivity index (χ1) is 18.6. The minimum Gasteiger partial charge on any atom is -0.461 e. The van der Waals surface area contributed by atoms with E-state index >= 15 is 0 Å². The minimum absolute atomic E-state index is 0.00974. The first-order valence-corrected chi connectivity index (χ1v) is 14.2. The van der Waals surface area contributed by atoms with E-state index in [1.807, 2.05) is 51.1 Å². The number of benzene rings is 1. The Bertz CT molecular complexity index is 968. The molecule has 1 aromatic carbocycles. The molecule has 0 radical (unpaired) electrons. The molecule has 8 nitrogen and oxygen atoms in total. The van der Waals surface area contributed by atoms with Crippen molar-refractivity contribution in [2.24, 2.45) is 11.3 Å². The minimum atomic E-state index is -0.775. The third kappa shape index (κ3) is 9.76. The van der Waals surface area contributed by atoms with Crippen molar-refractivity contribution < 1.29 is 33.3 Å². The van der Waals surface area contributed by atoms with E-state index in [-0.39, 0.29) is 37.0 Å². The van der Waals surface area contributed by atoms with Gasteiger partial charge in [-0.25, -0.2) is 4.79 Å². The highest BCUT2D eigenvalue weighted by Gasteiger charge is 2.42. The third-order valence-corrected chi connectivity index (χ3v) is 7.37. The van der Waals surface area contributed by atoms with E-state index in [9.17, 15) is 14.4 Å². The Morgan fingerprint density at radius 1 is 1.00 bits per heavy atom. The van der Waals surface area contributed by atoms with Gasteiger partial charge in [-0.1, -0.05) is 49.2 Å². The fourth-order valence-corrected chi connectivity index (χ4v) is 5.25. The maximum Gasteiger partial charge on any atom is 0.336 e. The largest absolute Gasteiger partial charge is 0.461 e. The van der Waals surface area contributed by atoms with E-state index < -0.39 is 17.0 Å². The second-order valence-corrected chi connectivity index (χ2v) is 11.7. The van der Waals surface area contributed by atoms with E-state index in [4.69, 9.17) is 18.9 Å². The molecular formula is C31H45NO7. The van der Waals surface area contributed by atoms with Gasteiger partial charge in [0.25, 0.3) is 0 Å². The van der Waals surface area contributed by atoms with Crippen molar-refractivity contribution in [1.29, 1.82) is 0 Å². The van der Waals surface area contributed by atoms with Gasteiger partial charge in [-0.3, -0.25) is 9.59 Å². The number of esters is 2. The van der Waals surface area contributed by atoms with E-state index in [1.54, 1.807) is 13.2 Å². The molecule has 0 aromatic heterocycles. The van der Waals surface area contributed by atoms with Crippen LogP contribution >= 0.6 is 0 Å². The van der Waals surface area contributed by atoms with Gasteiger partial charge in [-0.2, -0.15) is 0 Å². The summed E-state index contributed by atoms with van der Waals surface area (Å²) in [5.41, 5.74) is -0.101. The van der Waals surface area contributed by atoms with Crippen molar-refractivity contribution in [2.75, 3.05) is 26.9 Å². The fourth-order valence-electron chi connectivity index (χ4n) is 5.25. The van der Waals surface area contributed by atoms with E-state index in [0.29, 0.717) is 44.5 Å². The molecular weight excluding hydrogens is 498 g/mol. The van der Waals surface area contributed by atoms with Gasteiger partial charge in [-0.15, -0.1) is 0 Å². The number of methoxy groups -OCH3 is 1. The van der Waals surface area contributed by atoms with Gasteiger partial charge in [0.15, 0.2) is 0 Å². The van der Waals surface area contributed by atoms with E-state index in [1.165, 1.54) is 0 Å². The van der Waals surface area contributed by atoms with Crippen LogP contribution < -0.4 is 5.32 Å². The van der Waals surface area contributed by atoms with Crippen LogP contribution in [0.2, 0.25) is 0 Å². The van der Waals surface area contributed by atoms with Crippen LogP contribution in [0, 0.1) is 11.3 Å². The Kier molecular flexibility index (Phi) is 11.5. The van der Waals surface area contributed by atoms with Crippen molar-refractivity contribution in [3.05, 3.63) is 47.5 Å². The number of rotatable bonds is 12. The highest BCUT2D eigenvalue weighted by Crippen LogP contribution is 2.41. The summed E-state index contributed by atoms with van der Waals surface area (Å²) in [4.78, 5) is 39.3. The van der Waals surface area contributed by atoms with Gasteiger partial charge in [0.2, 0.25) is 5.91 Å². The molecule has 0 bridgehead atoms. The standard InChI is InChI=1S/C31H45NO7/c1-30(2,3)39-28(34)25(22-37-19-18-36-4)20-31(16-8-9-17-31)29(35)32-26-14-12-24(13-15-26)27(33)38-21-23-10-6-5-7-11-23/h5-7,10-11,20,24,26H,8-9,12-19,21-22H2,1-4H3,(H,32,35)/b25-20+. The molecule has 0 atom stereocenters. The molecule has 2 fully saturated rings. The average molecular weight is 544 g/mol. The molecule has 0 unspecified atom stereocenters. The van der Waals surface area contributed by atoms with Gasteiger partial charge in [-0.05, 0) is 64.9 Å². The molecule has 1 amide bonds. The fraction of sp³-hybridized carbons (Fsp3) is 0.645. The Hall–Kier alpha value is -2.71. The molecule has 39 heavy (non-hydrogen) atoms. The van der Waals surface area contributed by atoms with Crippen molar-refractivity contribution in [3.63, 3.8) is 0 Å². The summed E-state index contributed by atoms with van der Waals surface area (Å²) in [5.74, 6) is -0.846. The van der Waals surface area contributed by atoms with Crippen LogP contribution in [-0.4, -0.2) is 56.4 Å². The molecule has 0 aliphatic heterocycles. The summed E-state index contributed by atoms with van der Waals surface area (Å²) in [6.07, 6.45) is 7.75. The first kappa shape index (κ1) is 30.8. The van der Waals surface area contributed by atoms with Crippen LogP contribution in [0.5, 0.6) is 0 Å². The lowest BCUT2D eigenvalue weighted by Gasteiger charge is -2.32. The van der Waals surface area contributed by atoms with Crippen LogP contribution in [0.1, 0.15) is 77.7 Å². The van der Waals surface area contributed by atoms with Crippen LogP contribution in [0.15, 0.2) is 42.0 Å². The molecule has 1 aromatic rings. The topological polar surface area (TPSA) is 100 Å². The van der Waals surface area contributed by atoms with Gasteiger partial charge in [0.1, 0.15) is 12.2 Å².